The number of aliphatic carboxylic acids is 1. The smallest absolute Gasteiger partial charge is 0.115 e. The van der Waals surface area contributed by atoms with E-state index in [2.05, 4.69) is 17.9 Å². The van der Waals surface area contributed by atoms with E-state index in [4.69, 9.17) is 5.26 Å². The first-order valence-corrected chi connectivity index (χ1v) is 8.84. The number of carboxylic acids is 1. The van der Waals surface area contributed by atoms with E-state index in [1.54, 1.807) is 0 Å². The first-order chi connectivity index (χ1) is 11.7. The van der Waals surface area contributed by atoms with Crippen LogP contribution in [0.2, 0.25) is 0 Å². The Balaban J connectivity index is 3.79. The molecule has 1 N–H and O–H groups in total. The second-order valence-corrected chi connectivity index (χ2v) is 5.63. The van der Waals surface area contributed by atoms with Crippen LogP contribution in [0.15, 0.2) is 48.6 Å². The number of rotatable bonds is 15. The van der Waals surface area contributed by atoms with E-state index in [0.717, 1.165) is 19.3 Å². The molecule has 4 heteroatoms. The monoisotopic (exact) mass is 335 g/mol. The van der Waals surface area contributed by atoms with Crippen molar-refractivity contribution in [2.45, 2.75) is 70.8 Å². The van der Waals surface area contributed by atoms with Crippen LogP contribution < -0.4 is 5.11 Å². The van der Waals surface area contributed by atoms with Crippen LogP contribution in [-0.2, 0) is 9.68 Å². The number of hydrogen-bond donors (Lipinski definition) is 1. The van der Waals surface area contributed by atoms with Crippen molar-refractivity contribution in [1.82, 2.24) is 0 Å². The summed E-state index contributed by atoms with van der Waals surface area (Å²) in [4.78, 5) is 14.7. The minimum atomic E-state index is -0.998. The highest BCUT2D eigenvalue weighted by molar-refractivity contribution is 5.64. The Kier molecular flexibility index (Phi) is 16.5. The molecule has 0 amide bonds. The van der Waals surface area contributed by atoms with Crippen LogP contribution in [0.4, 0.5) is 0 Å². The predicted octanol–water partition coefficient (Wildman–Crippen LogP) is 4.35. The fourth-order valence-corrected chi connectivity index (χ4v) is 2.02. The van der Waals surface area contributed by atoms with Crippen molar-refractivity contribution in [3.8, 4) is 0 Å². The van der Waals surface area contributed by atoms with Crippen LogP contribution in [0.1, 0.15) is 64.7 Å². The minimum Gasteiger partial charge on any atom is -0.550 e. The van der Waals surface area contributed by atoms with Crippen LogP contribution in [-0.4, -0.2) is 17.3 Å². The van der Waals surface area contributed by atoms with Gasteiger partial charge in [-0.3, -0.25) is 5.26 Å². The fraction of sp³-hybridized carbons (Fsp3) is 0.550. The third-order valence-corrected chi connectivity index (χ3v) is 3.41. The van der Waals surface area contributed by atoms with Crippen molar-refractivity contribution in [3.63, 3.8) is 0 Å². The first-order valence-electron chi connectivity index (χ1n) is 8.84. The molecule has 0 aliphatic rings. The molecular weight excluding hydrogens is 304 g/mol. The lowest BCUT2D eigenvalue weighted by Crippen LogP contribution is -2.21. The molecule has 0 saturated carbocycles. The van der Waals surface area contributed by atoms with Gasteiger partial charge in [0.15, 0.2) is 0 Å². The summed E-state index contributed by atoms with van der Waals surface area (Å²) in [5, 5.41) is 19.1. The summed E-state index contributed by atoms with van der Waals surface area (Å²) < 4.78 is 0. The molecule has 0 bridgehead atoms. The summed E-state index contributed by atoms with van der Waals surface area (Å²) >= 11 is 0. The second-order valence-electron chi connectivity index (χ2n) is 5.63. The number of unbranched alkanes of at least 4 members (excludes halogenated alkanes) is 4. The zero-order chi connectivity index (χ0) is 17.9. The summed E-state index contributed by atoms with van der Waals surface area (Å²) in [6.45, 7) is 2.19. The molecule has 4 nitrogen and oxygen atoms in total. The lowest BCUT2D eigenvalue weighted by atomic mass is 10.2. The van der Waals surface area contributed by atoms with Gasteiger partial charge in [-0.25, -0.2) is 4.89 Å². The zero-order valence-electron chi connectivity index (χ0n) is 14.7. The van der Waals surface area contributed by atoms with Gasteiger partial charge in [-0.1, -0.05) is 68.4 Å². The van der Waals surface area contributed by atoms with Crippen LogP contribution in [0, 0.1) is 0 Å². The van der Waals surface area contributed by atoms with Crippen molar-refractivity contribution in [3.05, 3.63) is 48.6 Å². The van der Waals surface area contributed by atoms with Gasteiger partial charge >= 0.3 is 0 Å². The summed E-state index contributed by atoms with van der Waals surface area (Å²) in [5.74, 6) is -0.998. The number of carbonyl (C=O) groups is 1. The first kappa shape index (κ1) is 22.4. The maximum absolute atomic E-state index is 10.2. The third-order valence-electron chi connectivity index (χ3n) is 3.41. The molecule has 0 aromatic carbocycles. The molecule has 0 saturated heterocycles. The largest absolute Gasteiger partial charge is 0.550 e. The van der Waals surface area contributed by atoms with Gasteiger partial charge in [0.1, 0.15) is 6.10 Å². The Morgan fingerprint density at radius 2 is 1.79 bits per heavy atom. The quantitative estimate of drug-likeness (QED) is 0.159. The average molecular weight is 335 g/mol. The summed E-state index contributed by atoms with van der Waals surface area (Å²) in [6.07, 6.45) is 23.1. The highest BCUT2D eigenvalue weighted by Crippen LogP contribution is 2.04. The Morgan fingerprint density at radius 3 is 2.50 bits per heavy atom. The summed E-state index contributed by atoms with van der Waals surface area (Å²) in [6, 6.07) is 0. The molecule has 0 unspecified atom stereocenters. The van der Waals surface area contributed by atoms with Gasteiger partial charge in [-0.2, -0.15) is 0 Å². The highest BCUT2D eigenvalue weighted by atomic mass is 17.1. The molecule has 0 aromatic heterocycles. The van der Waals surface area contributed by atoms with Crippen molar-refractivity contribution in [2.75, 3.05) is 0 Å². The van der Waals surface area contributed by atoms with E-state index in [0.29, 0.717) is 12.8 Å². The molecule has 0 aliphatic heterocycles. The summed E-state index contributed by atoms with van der Waals surface area (Å²) in [7, 11) is 0. The van der Waals surface area contributed by atoms with Crippen LogP contribution in [0.5, 0.6) is 0 Å². The molecular formula is C20H31O4-. The van der Waals surface area contributed by atoms with Gasteiger partial charge in [0.05, 0.1) is 0 Å². The third kappa shape index (κ3) is 16.7. The molecule has 0 aromatic rings. The standard InChI is InChI=1S/C20H32O4/c1-2-3-4-5-7-10-13-16-19(24-23)17-14-11-8-6-9-12-15-18-20(21)22/h6-7,9-11,13-14,16,19,23H,2-5,8,12,15,17-18H2,1H3,(H,21,22)/p-1/b9-6-,10-7-,14-11-,16-13+/t19-/m1/s1. The Labute approximate surface area is 146 Å². The summed E-state index contributed by atoms with van der Waals surface area (Å²) in [5.41, 5.74) is 0. The SMILES string of the molecule is CCCCC/C=C\C=C\[C@H](C/C=C\C/C=C\CCCC(=O)[O-])OO. The maximum Gasteiger partial charge on any atom is 0.115 e. The van der Waals surface area contributed by atoms with Gasteiger partial charge < -0.3 is 9.90 Å². The maximum atomic E-state index is 10.2. The van der Waals surface area contributed by atoms with Gasteiger partial charge in [-0.05, 0) is 44.9 Å². The molecule has 0 radical (unpaired) electrons. The second kappa shape index (κ2) is 17.7. The van der Waals surface area contributed by atoms with Gasteiger partial charge in [0, 0.05) is 5.97 Å². The Bertz CT molecular complexity index is 408. The molecule has 1 atom stereocenters. The van der Waals surface area contributed by atoms with Crippen molar-refractivity contribution in [2.24, 2.45) is 0 Å². The number of carboxylic acid groups (broad SMARTS) is 1. The number of hydrogen-bond acceptors (Lipinski definition) is 4. The lowest BCUT2D eigenvalue weighted by Gasteiger charge is -2.04. The van der Waals surface area contributed by atoms with E-state index < -0.39 is 5.97 Å². The molecule has 0 rings (SSSR count). The molecule has 24 heavy (non-hydrogen) atoms. The normalized spacial score (nSPS) is 13.8. The highest BCUT2D eigenvalue weighted by Gasteiger charge is 1.99. The van der Waals surface area contributed by atoms with Crippen LogP contribution in [0.3, 0.4) is 0 Å². The van der Waals surface area contributed by atoms with E-state index in [-0.39, 0.29) is 12.5 Å². The average Bonchev–Trinajstić information content (AvgIpc) is 2.57. The minimum absolute atomic E-state index is 0.106. The molecule has 0 spiro atoms. The van der Waals surface area contributed by atoms with Crippen LogP contribution >= 0.6 is 0 Å². The Morgan fingerprint density at radius 1 is 1.04 bits per heavy atom. The lowest BCUT2D eigenvalue weighted by molar-refractivity contribution is -0.305. The number of carbonyl (C=O) groups excluding carboxylic acids is 1. The fourth-order valence-electron chi connectivity index (χ4n) is 2.02. The van der Waals surface area contributed by atoms with E-state index in [1.165, 1.54) is 19.3 Å². The molecule has 136 valence electrons. The van der Waals surface area contributed by atoms with E-state index in [9.17, 15) is 9.90 Å². The van der Waals surface area contributed by atoms with E-state index in [1.807, 2.05) is 42.5 Å². The van der Waals surface area contributed by atoms with Crippen molar-refractivity contribution in [1.29, 1.82) is 0 Å². The van der Waals surface area contributed by atoms with Gasteiger partial charge in [0.2, 0.25) is 0 Å². The van der Waals surface area contributed by atoms with Crippen molar-refractivity contribution < 1.29 is 20.0 Å². The van der Waals surface area contributed by atoms with E-state index >= 15 is 0 Å². The van der Waals surface area contributed by atoms with Gasteiger partial charge in [0.25, 0.3) is 0 Å². The number of allylic oxidation sites excluding steroid dienone is 6. The molecule has 0 heterocycles. The predicted molar refractivity (Wildman–Crippen MR) is 96.3 cm³/mol. The van der Waals surface area contributed by atoms with Crippen LogP contribution in [0.25, 0.3) is 0 Å². The Hall–Kier alpha value is -1.65. The topological polar surface area (TPSA) is 69.6 Å². The zero-order valence-corrected chi connectivity index (χ0v) is 14.7. The molecule has 0 aliphatic carbocycles. The molecule has 0 fully saturated rings. The van der Waals surface area contributed by atoms with Crippen molar-refractivity contribution >= 4 is 5.97 Å². The van der Waals surface area contributed by atoms with Gasteiger partial charge in [-0.15, -0.1) is 0 Å².